The summed E-state index contributed by atoms with van der Waals surface area (Å²) in [4.78, 5) is 16.3. The Kier molecular flexibility index (Phi) is 6.72. The van der Waals surface area contributed by atoms with E-state index < -0.39 is 5.54 Å². The van der Waals surface area contributed by atoms with Gasteiger partial charge in [-0.05, 0) is 19.4 Å². The molecule has 7 heteroatoms. The van der Waals surface area contributed by atoms with E-state index in [4.69, 9.17) is 9.47 Å². The molecular weight excluding hydrogens is 326 g/mol. The monoisotopic (exact) mass is 349 g/mol. The number of amides is 2. The number of thiazole rings is 1. The van der Waals surface area contributed by atoms with Gasteiger partial charge < -0.3 is 14.8 Å². The molecule has 0 unspecified atom stereocenters. The fraction of sp³-hybridized carbons (Fsp3) is 0.412. The van der Waals surface area contributed by atoms with Gasteiger partial charge in [0.25, 0.3) is 0 Å². The van der Waals surface area contributed by atoms with Crippen LogP contribution in [0.25, 0.3) is 0 Å². The van der Waals surface area contributed by atoms with Crippen molar-refractivity contribution in [1.29, 1.82) is 0 Å². The van der Waals surface area contributed by atoms with Crippen molar-refractivity contribution in [3.05, 3.63) is 47.0 Å². The zero-order valence-electron chi connectivity index (χ0n) is 14.2. The molecule has 0 spiro atoms. The number of carbonyl (C=O) groups excluding carboxylic acids is 1. The van der Waals surface area contributed by atoms with Crippen molar-refractivity contribution in [3.63, 3.8) is 0 Å². The van der Waals surface area contributed by atoms with Gasteiger partial charge in [0.1, 0.15) is 0 Å². The SMILES string of the molecule is COCc1csc(NC(=O)NC(C)(C)COCc2ccccc2)n1. The predicted molar refractivity (Wildman–Crippen MR) is 95.2 cm³/mol. The highest BCUT2D eigenvalue weighted by atomic mass is 32.1. The van der Waals surface area contributed by atoms with E-state index in [0.717, 1.165) is 11.3 Å². The van der Waals surface area contributed by atoms with Crippen LogP contribution in [-0.4, -0.2) is 30.3 Å². The summed E-state index contributed by atoms with van der Waals surface area (Å²) >= 11 is 1.36. The van der Waals surface area contributed by atoms with Gasteiger partial charge in [-0.2, -0.15) is 0 Å². The highest BCUT2D eigenvalue weighted by molar-refractivity contribution is 7.13. The average molecular weight is 349 g/mol. The van der Waals surface area contributed by atoms with Gasteiger partial charge in [0, 0.05) is 12.5 Å². The maximum absolute atomic E-state index is 12.1. The van der Waals surface area contributed by atoms with Crippen LogP contribution < -0.4 is 10.6 Å². The number of methoxy groups -OCH3 is 1. The van der Waals surface area contributed by atoms with Crippen LogP contribution in [0.3, 0.4) is 0 Å². The minimum atomic E-state index is -0.495. The molecule has 0 fully saturated rings. The normalized spacial score (nSPS) is 11.3. The first kappa shape index (κ1) is 18.4. The van der Waals surface area contributed by atoms with Crippen LogP contribution in [0.15, 0.2) is 35.7 Å². The molecule has 130 valence electrons. The van der Waals surface area contributed by atoms with Gasteiger partial charge in [-0.1, -0.05) is 30.3 Å². The second-order valence-corrected chi connectivity index (χ2v) is 6.88. The van der Waals surface area contributed by atoms with E-state index in [2.05, 4.69) is 15.6 Å². The maximum Gasteiger partial charge on any atom is 0.321 e. The van der Waals surface area contributed by atoms with E-state index in [-0.39, 0.29) is 6.03 Å². The van der Waals surface area contributed by atoms with Gasteiger partial charge in [0.15, 0.2) is 5.13 Å². The third-order valence-electron chi connectivity index (χ3n) is 3.09. The standard InChI is InChI=1S/C17H23N3O3S/c1-17(2,12-23-9-13-7-5-4-6-8-13)20-15(21)19-16-18-14(10-22-3)11-24-16/h4-8,11H,9-10,12H2,1-3H3,(H2,18,19,20,21). The summed E-state index contributed by atoms with van der Waals surface area (Å²) in [6.07, 6.45) is 0. The Morgan fingerprint density at radius 1 is 1.25 bits per heavy atom. The molecule has 0 aliphatic heterocycles. The van der Waals surface area contributed by atoms with Crippen molar-refractivity contribution in [1.82, 2.24) is 10.3 Å². The molecule has 1 aromatic carbocycles. The molecule has 0 aliphatic rings. The number of hydrogen-bond donors (Lipinski definition) is 2. The molecule has 0 saturated carbocycles. The molecule has 2 N–H and O–H groups in total. The van der Waals surface area contributed by atoms with Gasteiger partial charge >= 0.3 is 6.03 Å². The molecule has 1 heterocycles. The molecule has 2 aromatic rings. The Hall–Kier alpha value is -1.96. The van der Waals surface area contributed by atoms with Crippen LogP contribution in [0.4, 0.5) is 9.93 Å². The minimum absolute atomic E-state index is 0.304. The second kappa shape index (κ2) is 8.77. The molecule has 1 aromatic heterocycles. The molecule has 0 aliphatic carbocycles. The Morgan fingerprint density at radius 3 is 2.71 bits per heavy atom. The summed E-state index contributed by atoms with van der Waals surface area (Å²) in [7, 11) is 1.61. The Bertz CT molecular complexity index is 644. The zero-order valence-corrected chi connectivity index (χ0v) is 15.0. The smallest absolute Gasteiger partial charge is 0.321 e. The number of urea groups is 1. The number of nitrogens with one attached hydrogen (secondary N) is 2. The lowest BCUT2D eigenvalue weighted by Crippen LogP contribution is -2.48. The van der Waals surface area contributed by atoms with Gasteiger partial charge in [-0.15, -0.1) is 11.3 Å². The van der Waals surface area contributed by atoms with Crippen LogP contribution in [0, 0.1) is 0 Å². The molecule has 24 heavy (non-hydrogen) atoms. The third kappa shape index (κ3) is 6.27. The van der Waals surface area contributed by atoms with Gasteiger partial charge in [0.05, 0.1) is 31.1 Å². The first-order chi connectivity index (χ1) is 11.5. The molecule has 0 saturated heterocycles. The Balaban J connectivity index is 1.76. The van der Waals surface area contributed by atoms with Gasteiger partial charge in [0.2, 0.25) is 0 Å². The summed E-state index contributed by atoms with van der Waals surface area (Å²) in [5.41, 5.74) is 1.40. The van der Waals surface area contributed by atoms with Crippen LogP contribution >= 0.6 is 11.3 Å². The molecule has 0 atom stereocenters. The summed E-state index contributed by atoms with van der Waals surface area (Å²) in [6, 6.07) is 9.63. The number of carbonyl (C=O) groups is 1. The van der Waals surface area contributed by atoms with E-state index in [0.29, 0.717) is 25.0 Å². The lowest BCUT2D eigenvalue weighted by atomic mass is 10.1. The Morgan fingerprint density at radius 2 is 2.00 bits per heavy atom. The number of benzene rings is 1. The lowest BCUT2D eigenvalue weighted by Gasteiger charge is -2.26. The van der Waals surface area contributed by atoms with Crippen LogP contribution in [0.2, 0.25) is 0 Å². The predicted octanol–water partition coefficient (Wildman–Crippen LogP) is 3.41. The van der Waals surface area contributed by atoms with Crippen molar-refractivity contribution in [2.24, 2.45) is 0 Å². The molecular formula is C17H23N3O3S. The third-order valence-corrected chi connectivity index (χ3v) is 3.90. The fourth-order valence-corrected chi connectivity index (χ4v) is 2.74. The van der Waals surface area contributed by atoms with Crippen LogP contribution in [0.1, 0.15) is 25.1 Å². The lowest BCUT2D eigenvalue weighted by molar-refractivity contribution is 0.0753. The van der Waals surface area contributed by atoms with Crippen LogP contribution in [-0.2, 0) is 22.7 Å². The van der Waals surface area contributed by atoms with E-state index >= 15 is 0 Å². The number of rotatable bonds is 8. The summed E-state index contributed by atoms with van der Waals surface area (Å²) in [5.74, 6) is 0. The van der Waals surface area contributed by atoms with Crippen molar-refractivity contribution >= 4 is 22.5 Å². The topological polar surface area (TPSA) is 72.5 Å². The zero-order chi connectivity index (χ0) is 17.4. The molecule has 2 amide bonds. The molecule has 2 rings (SSSR count). The molecule has 0 radical (unpaired) electrons. The maximum atomic E-state index is 12.1. The van der Waals surface area contributed by atoms with E-state index in [9.17, 15) is 4.79 Å². The largest absolute Gasteiger partial charge is 0.378 e. The van der Waals surface area contributed by atoms with Gasteiger partial charge in [-0.3, -0.25) is 5.32 Å². The summed E-state index contributed by atoms with van der Waals surface area (Å²) in [5, 5.41) is 8.02. The number of hydrogen-bond acceptors (Lipinski definition) is 5. The highest BCUT2D eigenvalue weighted by Gasteiger charge is 2.21. The number of ether oxygens (including phenoxy) is 2. The molecule has 0 bridgehead atoms. The molecule has 6 nitrogen and oxygen atoms in total. The highest BCUT2D eigenvalue weighted by Crippen LogP contribution is 2.16. The van der Waals surface area contributed by atoms with Gasteiger partial charge in [-0.25, -0.2) is 9.78 Å². The first-order valence-corrected chi connectivity index (χ1v) is 8.51. The fourth-order valence-electron chi connectivity index (χ4n) is 2.05. The van der Waals surface area contributed by atoms with Crippen molar-refractivity contribution in [3.8, 4) is 0 Å². The Labute approximate surface area is 146 Å². The van der Waals surface area contributed by atoms with E-state index in [1.807, 2.05) is 49.6 Å². The second-order valence-electron chi connectivity index (χ2n) is 6.02. The number of aromatic nitrogens is 1. The quantitative estimate of drug-likeness (QED) is 0.766. The minimum Gasteiger partial charge on any atom is -0.378 e. The van der Waals surface area contributed by atoms with Crippen molar-refractivity contribution < 1.29 is 14.3 Å². The van der Waals surface area contributed by atoms with Crippen molar-refractivity contribution in [2.45, 2.75) is 32.6 Å². The summed E-state index contributed by atoms with van der Waals surface area (Å²) < 4.78 is 10.7. The van der Waals surface area contributed by atoms with Crippen LogP contribution in [0.5, 0.6) is 0 Å². The number of nitrogens with zero attached hydrogens (tertiary/aromatic N) is 1. The van der Waals surface area contributed by atoms with E-state index in [1.165, 1.54) is 11.3 Å². The summed E-state index contributed by atoms with van der Waals surface area (Å²) in [6.45, 7) is 5.17. The van der Waals surface area contributed by atoms with Crippen molar-refractivity contribution in [2.75, 3.05) is 19.0 Å². The first-order valence-electron chi connectivity index (χ1n) is 7.63. The van der Waals surface area contributed by atoms with E-state index in [1.54, 1.807) is 7.11 Å². The average Bonchev–Trinajstić information content (AvgIpc) is 2.95. The number of anilines is 1.